The van der Waals surface area contributed by atoms with E-state index < -0.39 is 10.4 Å². The maximum absolute atomic E-state index is 8.52. The molecule has 0 amide bonds. The van der Waals surface area contributed by atoms with Crippen molar-refractivity contribution >= 4 is 10.4 Å². The molecule has 0 rings (SSSR count). The van der Waals surface area contributed by atoms with Crippen molar-refractivity contribution in [2.75, 3.05) is 0 Å². The summed E-state index contributed by atoms with van der Waals surface area (Å²) in [6.45, 7) is 0. The summed E-state index contributed by atoms with van der Waals surface area (Å²) in [6.07, 6.45) is 0. The molecule has 5 nitrogen and oxygen atoms in total. The first-order valence-electron chi connectivity index (χ1n) is 0.667. The molecule has 0 aromatic rings. The van der Waals surface area contributed by atoms with Gasteiger partial charge in [0.2, 0.25) is 0 Å². The van der Waals surface area contributed by atoms with Crippen LogP contribution in [-0.2, 0) is 37.7 Å². The molecule has 7 heteroatoms. The van der Waals surface area contributed by atoms with E-state index in [-0.39, 0.29) is 32.8 Å². The van der Waals surface area contributed by atoms with Gasteiger partial charge >= 0.3 is 27.3 Å². The summed E-state index contributed by atoms with van der Waals surface area (Å²) in [6, 6.07) is 0. The number of hydrogen-bond acceptors (Lipinski definition) is 4. The third kappa shape index (κ3) is 270. The maximum atomic E-state index is 8.52. The Kier molecular flexibility index (Phi) is 11.0. The van der Waals surface area contributed by atoms with Crippen LogP contribution in [0.3, 0.4) is 0 Å². The van der Waals surface area contributed by atoms with E-state index in [2.05, 4.69) is 0 Å². The van der Waals surface area contributed by atoms with Gasteiger partial charge in [-0.15, -0.1) is 0 Å². The molecular weight excluding hydrogens is 224 g/mol. The zero-order chi connectivity index (χ0) is 4.50. The molecule has 0 aliphatic rings. The predicted molar refractivity (Wildman–Crippen MR) is 14.1 cm³/mol. The van der Waals surface area contributed by atoms with E-state index in [0.29, 0.717) is 0 Å². The molecule has 0 heterocycles. The maximum Gasteiger partial charge on any atom is 2.00 e. The molecule has 0 aliphatic heterocycles. The van der Waals surface area contributed by atoms with Crippen LogP contribution >= 0.6 is 0 Å². The van der Waals surface area contributed by atoms with Gasteiger partial charge in [0.25, 0.3) is 0 Å². The molecule has 7 heavy (non-hydrogen) atoms. The Morgan fingerprint density at radius 1 is 1.14 bits per heavy atom. The van der Waals surface area contributed by atoms with Crippen molar-refractivity contribution in [3.63, 3.8) is 0 Å². The van der Waals surface area contributed by atoms with Gasteiger partial charge in [-0.25, -0.2) is 0 Å². The Morgan fingerprint density at radius 3 is 1.14 bits per heavy atom. The Bertz CT molecular complexity index is 91.2. The molecule has 2 N–H and O–H groups in total. The molecule has 0 aliphatic carbocycles. The zero-order valence-electron chi connectivity index (χ0n) is 3.25. The molecule has 0 atom stereocenters. The number of hydrogen-bond donors (Lipinski definition) is 0. The van der Waals surface area contributed by atoms with Crippen LogP contribution in [0.15, 0.2) is 0 Å². The Hall–Kier alpha value is 0.752. The topological polar surface area (TPSA) is 112 Å². The minimum atomic E-state index is -5.17. The van der Waals surface area contributed by atoms with Crippen molar-refractivity contribution in [2.24, 2.45) is 0 Å². The summed E-state index contributed by atoms with van der Waals surface area (Å²) in [4.78, 5) is 0. The van der Waals surface area contributed by atoms with Crippen molar-refractivity contribution < 1.29 is 50.3 Å². The molecule has 0 spiro atoms. The van der Waals surface area contributed by atoms with Crippen LogP contribution < -0.4 is 0 Å². The van der Waals surface area contributed by atoms with Crippen LogP contribution in [0.5, 0.6) is 0 Å². The molecule has 0 unspecified atom stereocenters. The molecule has 0 saturated heterocycles. The zero-order valence-corrected chi connectivity index (χ0v) is 8.10. The monoisotopic (exact) mass is 228 g/mol. The van der Waals surface area contributed by atoms with Gasteiger partial charge < -0.3 is 14.6 Å². The molecule has 0 bridgehead atoms. The standard InChI is InChI=1S/Cd.H2O4S.H2O/c;1-5(2,3)4;/h;(H2,1,2,3,4);1H2/q+2;;/p-2. The first-order chi connectivity index (χ1) is 2.00. The third-order valence-electron chi connectivity index (χ3n) is 0. The van der Waals surface area contributed by atoms with Crippen LogP contribution in [0.1, 0.15) is 0 Å². The van der Waals surface area contributed by atoms with E-state index in [1.54, 1.807) is 0 Å². The van der Waals surface area contributed by atoms with Gasteiger partial charge in [0.1, 0.15) is 0 Å². The van der Waals surface area contributed by atoms with Crippen molar-refractivity contribution in [3.8, 4) is 0 Å². The van der Waals surface area contributed by atoms with Crippen molar-refractivity contribution in [1.82, 2.24) is 0 Å². The van der Waals surface area contributed by atoms with E-state index in [1.165, 1.54) is 0 Å². The van der Waals surface area contributed by atoms with Gasteiger partial charge in [-0.1, -0.05) is 0 Å². The average molecular weight is 226 g/mol. The van der Waals surface area contributed by atoms with Gasteiger partial charge in [0, 0.05) is 10.4 Å². The van der Waals surface area contributed by atoms with Crippen LogP contribution in [0.25, 0.3) is 0 Å². The van der Waals surface area contributed by atoms with Crippen molar-refractivity contribution in [1.29, 1.82) is 0 Å². The largest absolute Gasteiger partial charge is 2.00 e. The Labute approximate surface area is 60.8 Å². The van der Waals surface area contributed by atoms with Gasteiger partial charge in [-0.05, 0) is 0 Å². The van der Waals surface area contributed by atoms with E-state index in [1.807, 2.05) is 0 Å². The molecule has 0 saturated carbocycles. The minimum Gasteiger partial charge on any atom is -0.759 e. The first kappa shape index (κ1) is 15.7. The normalized spacial score (nSPS) is 8.29. The molecular formula is H2CdO5S. The fraction of sp³-hybridized carbons (Fsp3) is 0. The molecule has 0 aromatic carbocycles. The fourth-order valence-corrected chi connectivity index (χ4v) is 0. The summed E-state index contributed by atoms with van der Waals surface area (Å²) in [5.74, 6) is 0. The second-order valence-corrected chi connectivity index (χ2v) is 1.22. The number of rotatable bonds is 0. The van der Waals surface area contributed by atoms with Crippen LogP contribution in [0.2, 0.25) is 0 Å². The SMILES string of the molecule is O.O=S(=O)([O-])[O-].[Cd+2]. The summed E-state index contributed by atoms with van der Waals surface area (Å²) < 4.78 is 34.1. The Morgan fingerprint density at radius 2 is 1.14 bits per heavy atom. The van der Waals surface area contributed by atoms with E-state index in [0.717, 1.165) is 0 Å². The van der Waals surface area contributed by atoms with Gasteiger partial charge in [0.05, 0.1) is 0 Å². The van der Waals surface area contributed by atoms with Crippen LogP contribution in [0.4, 0.5) is 0 Å². The second kappa shape index (κ2) is 4.90. The molecule has 40 valence electrons. The van der Waals surface area contributed by atoms with Crippen molar-refractivity contribution in [3.05, 3.63) is 0 Å². The van der Waals surface area contributed by atoms with Crippen LogP contribution in [0, 0.1) is 0 Å². The van der Waals surface area contributed by atoms with Gasteiger partial charge in [0.15, 0.2) is 0 Å². The van der Waals surface area contributed by atoms with E-state index in [9.17, 15) is 0 Å². The van der Waals surface area contributed by atoms with Gasteiger partial charge in [-0.2, -0.15) is 0 Å². The van der Waals surface area contributed by atoms with Crippen molar-refractivity contribution in [2.45, 2.75) is 0 Å². The summed E-state index contributed by atoms with van der Waals surface area (Å²) in [5, 5.41) is 0. The van der Waals surface area contributed by atoms with Gasteiger partial charge in [-0.3, -0.25) is 8.42 Å². The quantitative estimate of drug-likeness (QED) is 0.266. The van der Waals surface area contributed by atoms with Crippen LogP contribution in [-0.4, -0.2) is 23.0 Å². The summed E-state index contributed by atoms with van der Waals surface area (Å²) in [7, 11) is -5.17. The summed E-state index contributed by atoms with van der Waals surface area (Å²) in [5.41, 5.74) is 0. The smallest absolute Gasteiger partial charge is 0.759 e. The third-order valence-corrected chi connectivity index (χ3v) is 0. The first-order valence-corrected chi connectivity index (χ1v) is 2.00. The average Bonchev–Trinajstić information content (AvgIpc) is 0.722. The fourth-order valence-electron chi connectivity index (χ4n) is 0. The molecule has 0 aromatic heterocycles. The summed E-state index contributed by atoms with van der Waals surface area (Å²) >= 11 is 0. The van der Waals surface area contributed by atoms with E-state index in [4.69, 9.17) is 17.5 Å². The van der Waals surface area contributed by atoms with E-state index >= 15 is 0 Å². The predicted octanol–water partition coefficient (Wildman–Crippen LogP) is -2.17. The molecule has 0 radical (unpaired) electrons. The second-order valence-electron chi connectivity index (χ2n) is 0.408. The molecule has 0 fully saturated rings. The Balaban J connectivity index is -0.0000000800. The minimum absolute atomic E-state index is 0.